The minimum atomic E-state index is 0.711. The fourth-order valence-corrected chi connectivity index (χ4v) is 4.15. The maximum atomic E-state index is 3.83. The Morgan fingerprint density at radius 2 is 1.36 bits per heavy atom. The molecular formula is C24H41N. The largest absolute Gasteiger partial charge is 0.382 e. The predicted molar refractivity (Wildman–Crippen MR) is 112 cm³/mol. The van der Waals surface area contributed by atoms with Crippen LogP contribution in [-0.4, -0.2) is 6.04 Å². The SMILES string of the molecule is CCCCCCCCCCCCc1ccccc1NC1CCCCC1. The summed E-state index contributed by atoms with van der Waals surface area (Å²) < 4.78 is 0. The quantitative estimate of drug-likeness (QED) is 0.359. The number of rotatable bonds is 13. The number of benzene rings is 1. The van der Waals surface area contributed by atoms with Gasteiger partial charge >= 0.3 is 0 Å². The second-order valence-corrected chi connectivity index (χ2v) is 8.07. The van der Waals surface area contributed by atoms with Crippen molar-refractivity contribution in [3.05, 3.63) is 29.8 Å². The Morgan fingerprint density at radius 1 is 0.760 bits per heavy atom. The van der Waals surface area contributed by atoms with E-state index >= 15 is 0 Å². The molecule has 0 saturated heterocycles. The van der Waals surface area contributed by atoms with Crippen LogP contribution in [0.1, 0.15) is 109 Å². The number of unbranched alkanes of at least 4 members (excludes halogenated alkanes) is 9. The van der Waals surface area contributed by atoms with Crippen molar-refractivity contribution in [2.75, 3.05) is 5.32 Å². The molecule has 1 aromatic carbocycles. The topological polar surface area (TPSA) is 12.0 Å². The lowest BCUT2D eigenvalue weighted by atomic mass is 9.94. The smallest absolute Gasteiger partial charge is 0.0374 e. The van der Waals surface area contributed by atoms with Crippen LogP contribution in [0.2, 0.25) is 0 Å². The highest BCUT2D eigenvalue weighted by Gasteiger charge is 2.14. The van der Waals surface area contributed by atoms with Crippen LogP contribution in [0.4, 0.5) is 5.69 Å². The molecule has 0 atom stereocenters. The first-order chi connectivity index (χ1) is 12.4. The minimum Gasteiger partial charge on any atom is -0.382 e. The maximum Gasteiger partial charge on any atom is 0.0374 e. The Balaban J connectivity index is 1.57. The van der Waals surface area contributed by atoms with Gasteiger partial charge in [-0.3, -0.25) is 0 Å². The summed E-state index contributed by atoms with van der Waals surface area (Å²) in [4.78, 5) is 0. The Kier molecular flexibility index (Phi) is 10.8. The van der Waals surface area contributed by atoms with Gasteiger partial charge < -0.3 is 5.32 Å². The van der Waals surface area contributed by atoms with Gasteiger partial charge in [0, 0.05) is 11.7 Å². The second kappa shape index (κ2) is 13.3. The summed E-state index contributed by atoms with van der Waals surface area (Å²) in [5, 5.41) is 3.83. The summed E-state index contributed by atoms with van der Waals surface area (Å²) in [6.45, 7) is 2.29. The van der Waals surface area contributed by atoms with Crippen LogP contribution in [0.5, 0.6) is 0 Å². The molecular weight excluding hydrogens is 302 g/mol. The van der Waals surface area contributed by atoms with E-state index in [1.54, 1.807) is 0 Å². The van der Waals surface area contributed by atoms with Gasteiger partial charge in [0.15, 0.2) is 0 Å². The fourth-order valence-electron chi connectivity index (χ4n) is 4.15. The van der Waals surface area contributed by atoms with Crippen LogP contribution >= 0.6 is 0 Å². The zero-order chi connectivity index (χ0) is 17.6. The molecule has 0 unspecified atom stereocenters. The molecule has 0 aromatic heterocycles. The lowest BCUT2D eigenvalue weighted by molar-refractivity contribution is 0.462. The molecule has 0 heterocycles. The van der Waals surface area contributed by atoms with Crippen molar-refractivity contribution in [3.63, 3.8) is 0 Å². The van der Waals surface area contributed by atoms with Crippen molar-refractivity contribution in [1.29, 1.82) is 0 Å². The number of nitrogens with one attached hydrogen (secondary N) is 1. The molecule has 0 amide bonds. The van der Waals surface area contributed by atoms with E-state index in [0.29, 0.717) is 6.04 Å². The monoisotopic (exact) mass is 343 g/mol. The molecule has 25 heavy (non-hydrogen) atoms. The van der Waals surface area contributed by atoms with E-state index in [1.807, 2.05) is 0 Å². The van der Waals surface area contributed by atoms with Gasteiger partial charge in [0.25, 0.3) is 0 Å². The van der Waals surface area contributed by atoms with Crippen molar-refractivity contribution in [2.24, 2.45) is 0 Å². The highest BCUT2D eigenvalue weighted by atomic mass is 14.9. The van der Waals surface area contributed by atoms with Crippen LogP contribution in [0, 0.1) is 0 Å². The molecule has 0 aliphatic heterocycles. The zero-order valence-corrected chi connectivity index (χ0v) is 16.7. The number of para-hydroxylation sites is 1. The minimum absolute atomic E-state index is 0.711. The van der Waals surface area contributed by atoms with Crippen LogP contribution < -0.4 is 5.32 Å². The van der Waals surface area contributed by atoms with E-state index in [0.717, 1.165) is 0 Å². The summed E-state index contributed by atoms with van der Waals surface area (Å²) in [5.41, 5.74) is 2.94. The lowest BCUT2D eigenvalue weighted by Crippen LogP contribution is -2.22. The number of hydrogen-bond donors (Lipinski definition) is 1. The molecule has 0 bridgehead atoms. The first kappa shape index (κ1) is 20.3. The number of aryl methyl sites for hydroxylation is 1. The van der Waals surface area contributed by atoms with Crippen molar-refractivity contribution in [1.82, 2.24) is 0 Å². The first-order valence-electron chi connectivity index (χ1n) is 11.2. The molecule has 1 aliphatic rings. The Bertz CT molecular complexity index is 433. The van der Waals surface area contributed by atoms with Crippen molar-refractivity contribution in [2.45, 2.75) is 116 Å². The summed E-state index contributed by atoms with van der Waals surface area (Å²) in [7, 11) is 0. The Morgan fingerprint density at radius 3 is 2.04 bits per heavy atom. The fraction of sp³-hybridized carbons (Fsp3) is 0.750. The van der Waals surface area contributed by atoms with Gasteiger partial charge in [0.2, 0.25) is 0 Å². The molecule has 1 fully saturated rings. The van der Waals surface area contributed by atoms with Gasteiger partial charge in [-0.2, -0.15) is 0 Å². The van der Waals surface area contributed by atoms with Crippen molar-refractivity contribution in [3.8, 4) is 0 Å². The third-order valence-corrected chi connectivity index (χ3v) is 5.78. The van der Waals surface area contributed by atoms with Gasteiger partial charge in [0.05, 0.1) is 0 Å². The van der Waals surface area contributed by atoms with E-state index in [4.69, 9.17) is 0 Å². The molecule has 1 aromatic rings. The van der Waals surface area contributed by atoms with Crippen molar-refractivity contribution < 1.29 is 0 Å². The van der Waals surface area contributed by atoms with Crippen LogP contribution in [0.3, 0.4) is 0 Å². The summed E-state index contributed by atoms with van der Waals surface area (Å²) in [6.07, 6.45) is 22.4. The van der Waals surface area contributed by atoms with Gasteiger partial charge in [-0.25, -0.2) is 0 Å². The molecule has 142 valence electrons. The van der Waals surface area contributed by atoms with Crippen LogP contribution in [-0.2, 0) is 6.42 Å². The summed E-state index contributed by atoms with van der Waals surface area (Å²) >= 11 is 0. The molecule has 0 radical (unpaired) electrons. The molecule has 1 heteroatoms. The van der Waals surface area contributed by atoms with Crippen LogP contribution in [0.15, 0.2) is 24.3 Å². The van der Waals surface area contributed by atoms with Gasteiger partial charge in [-0.15, -0.1) is 0 Å². The third kappa shape index (κ3) is 8.79. The van der Waals surface area contributed by atoms with E-state index in [-0.39, 0.29) is 0 Å². The average Bonchev–Trinajstić information content (AvgIpc) is 2.65. The normalized spacial score (nSPS) is 15.4. The van der Waals surface area contributed by atoms with Gasteiger partial charge in [-0.05, 0) is 37.3 Å². The van der Waals surface area contributed by atoms with E-state index in [1.165, 1.54) is 114 Å². The molecule has 0 spiro atoms. The lowest BCUT2D eigenvalue weighted by Gasteiger charge is -2.25. The molecule has 1 N–H and O–H groups in total. The second-order valence-electron chi connectivity index (χ2n) is 8.07. The van der Waals surface area contributed by atoms with Gasteiger partial charge in [0.1, 0.15) is 0 Å². The summed E-state index contributed by atoms with van der Waals surface area (Å²) in [6, 6.07) is 9.73. The van der Waals surface area contributed by atoms with E-state index in [2.05, 4.69) is 36.5 Å². The van der Waals surface area contributed by atoms with Gasteiger partial charge in [-0.1, -0.05) is 102 Å². The average molecular weight is 344 g/mol. The first-order valence-corrected chi connectivity index (χ1v) is 11.2. The highest BCUT2D eigenvalue weighted by Crippen LogP contribution is 2.25. The summed E-state index contributed by atoms with van der Waals surface area (Å²) in [5.74, 6) is 0. The molecule has 1 saturated carbocycles. The molecule has 1 nitrogen and oxygen atoms in total. The molecule has 2 rings (SSSR count). The Hall–Kier alpha value is -0.980. The van der Waals surface area contributed by atoms with Crippen LogP contribution in [0.25, 0.3) is 0 Å². The predicted octanol–water partition coefficient (Wildman–Crippen LogP) is 7.89. The molecule has 1 aliphatic carbocycles. The van der Waals surface area contributed by atoms with Crippen molar-refractivity contribution >= 4 is 5.69 Å². The Labute approximate surface area is 157 Å². The maximum absolute atomic E-state index is 3.83. The number of hydrogen-bond acceptors (Lipinski definition) is 1. The van der Waals surface area contributed by atoms with E-state index < -0.39 is 0 Å². The third-order valence-electron chi connectivity index (χ3n) is 5.78. The van der Waals surface area contributed by atoms with E-state index in [9.17, 15) is 0 Å². The zero-order valence-electron chi connectivity index (χ0n) is 16.7. The standard InChI is InChI=1S/C24H41N/c1-2-3-4-5-6-7-8-9-10-12-17-22-18-15-16-21-24(22)25-23-19-13-11-14-20-23/h15-16,18,21,23,25H,2-14,17,19-20H2,1H3. The number of anilines is 1. The highest BCUT2D eigenvalue weighted by molar-refractivity contribution is 5.51.